The molecule has 0 aliphatic heterocycles. The van der Waals surface area contributed by atoms with Crippen molar-refractivity contribution in [3.05, 3.63) is 29.6 Å². The summed E-state index contributed by atoms with van der Waals surface area (Å²) in [5.74, 6) is 0.628. The Balaban J connectivity index is 0.00000242. The van der Waals surface area contributed by atoms with Gasteiger partial charge in [-0.25, -0.2) is 4.98 Å². The highest BCUT2D eigenvalue weighted by molar-refractivity contribution is 7.14. The summed E-state index contributed by atoms with van der Waals surface area (Å²) in [7, 11) is 3.46. The van der Waals surface area contributed by atoms with Crippen LogP contribution in [-0.2, 0) is 4.79 Å². The van der Waals surface area contributed by atoms with E-state index >= 15 is 0 Å². The van der Waals surface area contributed by atoms with Crippen LogP contribution in [-0.4, -0.2) is 31.6 Å². The molecule has 2 aromatic rings. The average Bonchev–Trinajstić information content (AvgIpc) is 2.95. The van der Waals surface area contributed by atoms with Gasteiger partial charge in [-0.1, -0.05) is 19.1 Å². The van der Waals surface area contributed by atoms with Crippen LogP contribution in [0.5, 0.6) is 5.75 Å². The van der Waals surface area contributed by atoms with Gasteiger partial charge in [0.25, 0.3) is 0 Å². The molecular weight excluding hydrogens is 322 g/mol. The molecule has 5 nitrogen and oxygen atoms in total. The van der Waals surface area contributed by atoms with Crippen LogP contribution in [0.25, 0.3) is 11.3 Å². The van der Waals surface area contributed by atoms with E-state index in [9.17, 15) is 4.79 Å². The van der Waals surface area contributed by atoms with Gasteiger partial charge in [0.05, 0.1) is 12.8 Å². The van der Waals surface area contributed by atoms with Gasteiger partial charge in [-0.05, 0) is 19.2 Å². The molecule has 1 unspecified atom stereocenters. The lowest BCUT2D eigenvalue weighted by Crippen LogP contribution is -2.28. The quantitative estimate of drug-likeness (QED) is 0.847. The number of aromatic nitrogens is 1. The predicted molar refractivity (Wildman–Crippen MR) is 93.1 cm³/mol. The van der Waals surface area contributed by atoms with E-state index in [-0.39, 0.29) is 24.2 Å². The second-order valence-corrected chi connectivity index (χ2v) is 5.54. The SMILES string of the molecule is CNCC(C)C(=O)Nc1nc(-c2ccccc2OC)cs1.Cl. The first kappa shape index (κ1) is 18.4. The zero-order valence-corrected chi connectivity index (χ0v) is 14.4. The monoisotopic (exact) mass is 341 g/mol. The van der Waals surface area contributed by atoms with E-state index in [0.29, 0.717) is 11.7 Å². The highest BCUT2D eigenvalue weighted by atomic mass is 35.5. The van der Waals surface area contributed by atoms with E-state index in [1.54, 1.807) is 7.11 Å². The largest absolute Gasteiger partial charge is 0.496 e. The van der Waals surface area contributed by atoms with Crippen molar-refractivity contribution in [1.29, 1.82) is 0 Å². The van der Waals surface area contributed by atoms with Crippen molar-refractivity contribution in [2.45, 2.75) is 6.92 Å². The minimum absolute atomic E-state index is 0. The number of amides is 1. The Hall–Kier alpha value is -1.63. The molecule has 1 aromatic heterocycles. The van der Waals surface area contributed by atoms with Gasteiger partial charge in [-0.2, -0.15) is 0 Å². The molecule has 1 aromatic carbocycles. The number of carbonyl (C=O) groups excluding carboxylic acids is 1. The maximum Gasteiger partial charge on any atom is 0.230 e. The molecule has 0 fully saturated rings. The number of rotatable bonds is 6. The second-order valence-electron chi connectivity index (χ2n) is 4.69. The molecular formula is C15H20ClN3O2S. The minimum atomic E-state index is -0.103. The van der Waals surface area contributed by atoms with Crippen LogP contribution in [0.1, 0.15) is 6.92 Å². The summed E-state index contributed by atoms with van der Waals surface area (Å²) in [6.45, 7) is 2.51. The summed E-state index contributed by atoms with van der Waals surface area (Å²) in [6.07, 6.45) is 0. The Labute approximate surface area is 140 Å². The molecule has 120 valence electrons. The number of para-hydroxylation sites is 1. The van der Waals surface area contributed by atoms with Crippen LogP contribution in [0.2, 0.25) is 0 Å². The average molecular weight is 342 g/mol. The summed E-state index contributed by atoms with van der Waals surface area (Å²) < 4.78 is 5.33. The van der Waals surface area contributed by atoms with Crippen LogP contribution in [0.3, 0.4) is 0 Å². The molecule has 22 heavy (non-hydrogen) atoms. The fourth-order valence-corrected chi connectivity index (χ4v) is 2.65. The lowest BCUT2D eigenvalue weighted by Gasteiger charge is -2.09. The number of nitrogens with one attached hydrogen (secondary N) is 2. The third-order valence-corrected chi connectivity index (χ3v) is 3.83. The molecule has 0 spiro atoms. The smallest absolute Gasteiger partial charge is 0.230 e. The van der Waals surface area contributed by atoms with Crippen molar-refractivity contribution in [3.63, 3.8) is 0 Å². The zero-order chi connectivity index (χ0) is 15.2. The van der Waals surface area contributed by atoms with Gasteiger partial charge in [0.2, 0.25) is 5.91 Å². The molecule has 0 radical (unpaired) electrons. The van der Waals surface area contributed by atoms with Crippen molar-refractivity contribution >= 4 is 34.8 Å². The number of anilines is 1. The number of thiazole rings is 1. The molecule has 0 aliphatic carbocycles. The van der Waals surface area contributed by atoms with E-state index in [4.69, 9.17) is 4.74 Å². The molecule has 0 aliphatic rings. The number of benzene rings is 1. The zero-order valence-electron chi connectivity index (χ0n) is 12.8. The van der Waals surface area contributed by atoms with E-state index in [1.165, 1.54) is 11.3 Å². The lowest BCUT2D eigenvalue weighted by molar-refractivity contribution is -0.119. The van der Waals surface area contributed by atoms with Crippen molar-refractivity contribution in [2.75, 3.05) is 26.0 Å². The van der Waals surface area contributed by atoms with Crippen molar-refractivity contribution in [2.24, 2.45) is 5.92 Å². The molecule has 2 rings (SSSR count). The highest BCUT2D eigenvalue weighted by Gasteiger charge is 2.15. The third-order valence-electron chi connectivity index (χ3n) is 3.08. The maximum absolute atomic E-state index is 12.0. The molecule has 1 heterocycles. The van der Waals surface area contributed by atoms with Crippen molar-refractivity contribution < 1.29 is 9.53 Å². The van der Waals surface area contributed by atoms with Crippen LogP contribution in [0.4, 0.5) is 5.13 Å². The first-order chi connectivity index (χ1) is 10.2. The van der Waals surface area contributed by atoms with E-state index in [1.807, 2.05) is 43.6 Å². The van der Waals surface area contributed by atoms with Crippen LogP contribution in [0.15, 0.2) is 29.6 Å². The molecule has 1 amide bonds. The molecule has 1 atom stereocenters. The molecule has 2 N–H and O–H groups in total. The first-order valence-electron chi connectivity index (χ1n) is 6.70. The number of hydrogen-bond acceptors (Lipinski definition) is 5. The van der Waals surface area contributed by atoms with Crippen LogP contribution in [0, 0.1) is 5.92 Å². The third kappa shape index (κ3) is 4.43. The Bertz CT molecular complexity index is 618. The highest BCUT2D eigenvalue weighted by Crippen LogP contribution is 2.31. The minimum Gasteiger partial charge on any atom is -0.496 e. The summed E-state index contributed by atoms with van der Waals surface area (Å²) in [5, 5.41) is 8.34. The molecule has 0 saturated carbocycles. The predicted octanol–water partition coefficient (Wildman–Crippen LogP) is 3.03. The fraction of sp³-hybridized carbons (Fsp3) is 0.333. The number of hydrogen-bond donors (Lipinski definition) is 2. The summed E-state index contributed by atoms with van der Waals surface area (Å²) in [4.78, 5) is 16.4. The van der Waals surface area contributed by atoms with Gasteiger partial charge >= 0.3 is 0 Å². The summed E-state index contributed by atoms with van der Waals surface area (Å²) >= 11 is 1.41. The van der Waals surface area contributed by atoms with Gasteiger partial charge < -0.3 is 15.4 Å². The maximum atomic E-state index is 12.0. The molecule has 0 bridgehead atoms. The Morgan fingerprint density at radius 2 is 2.14 bits per heavy atom. The van der Waals surface area contributed by atoms with Crippen molar-refractivity contribution in [1.82, 2.24) is 10.3 Å². The summed E-state index contributed by atoms with van der Waals surface area (Å²) in [6, 6.07) is 7.69. The summed E-state index contributed by atoms with van der Waals surface area (Å²) in [5.41, 5.74) is 1.72. The van der Waals surface area contributed by atoms with E-state index < -0.39 is 0 Å². The van der Waals surface area contributed by atoms with Crippen LogP contribution < -0.4 is 15.4 Å². The molecule has 0 saturated heterocycles. The Morgan fingerprint density at radius 1 is 1.41 bits per heavy atom. The molecule has 7 heteroatoms. The van der Waals surface area contributed by atoms with Gasteiger partial charge in [0.15, 0.2) is 5.13 Å². The number of carbonyl (C=O) groups is 1. The second kappa shape index (κ2) is 8.73. The van der Waals surface area contributed by atoms with Gasteiger partial charge in [0, 0.05) is 23.4 Å². The Kier molecular flexibility index (Phi) is 7.31. The van der Waals surface area contributed by atoms with Crippen molar-refractivity contribution in [3.8, 4) is 17.0 Å². The van der Waals surface area contributed by atoms with Gasteiger partial charge in [-0.3, -0.25) is 4.79 Å². The number of halogens is 1. The van der Waals surface area contributed by atoms with Gasteiger partial charge in [0.1, 0.15) is 5.75 Å². The Morgan fingerprint density at radius 3 is 2.82 bits per heavy atom. The first-order valence-corrected chi connectivity index (χ1v) is 7.58. The standard InChI is InChI=1S/C15H19N3O2S.ClH/c1-10(8-16-2)14(19)18-15-17-12(9-21-15)11-6-4-5-7-13(11)20-3;/h4-7,9-10,16H,8H2,1-3H3,(H,17,18,19);1H. The number of nitrogens with zero attached hydrogens (tertiary/aromatic N) is 1. The number of methoxy groups -OCH3 is 1. The fourth-order valence-electron chi connectivity index (χ4n) is 1.94. The van der Waals surface area contributed by atoms with Crippen LogP contribution >= 0.6 is 23.7 Å². The normalized spacial score (nSPS) is 11.4. The van der Waals surface area contributed by atoms with E-state index in [2.05, 4.69) is 15.6 Å². The topological polar surface area (TPSA) is 63.2 Å². The number of ether oxygens (including phenoxy) is 1. The van der Waals surface area contributed by atoms with Gasteiger partial charge in [-0.15, -0.1) is 23.7 Å². The lowest BCUT2D eigenvalue weighted by atomic mass is 10.1. The van der Waals surface area contributed by atoms with E-state index in [0.717, 1.165) is 17.0 Å².